The van der Waals surface area contributed by atoms with Crippen LogP contribution in [-0.4, -0.2) is 48.4 Å². The molecule has 0 bridgehead atoms. The lowest BCUT2D eigenvalue weighted by Gasteiger charge is -2.35. The smallest absolute Gasteiger partial charge is 0.322 e. The third-order valence-corrected chi connectivity index (χ3v) is 5.90. The van der Waals surface area contributed by atoms with E-state index in [0.717, 1.165) is 12.0 Å². The molecule has 1 N–H and O–H groups in total. The fraction of sp³-hybridized carbons (Fsp3) is 0.320. The summed E-state index contributed by atoms with van der Waals surface area (Å²) in [5.74, 6) is 0.0877. The first-order chi connectivity index (χ1) is 16.5. The third kappa shape index (κ3) is 4.51. The van der Waals surface area contributed by atoms with E-state index in [0.29, 0.717) is 30.0 Å². The van der Waals surface area contributed by atoms with Crippen LogP contribution < -0.4 is 10.1 Å². The monoisotopic (exact) mass is 466 g/mol. The number of carbonyl (C=O) groups excluding carboxylic acids is 1. The number of carbonyl (C=O) groups is 1. The number of allylic oxidation sites excluding steroid dienone is 1. The molecule has 1 atom stereocenters. The topological polar surface area (TPSA) is 89.7 Å². The number of nitrogens with zero attached hydrogens (tertiary/aromatic N) is 3. The molecule has 0 radical (unpaired) electrons. The lowest BCUT2D eigenvalue weighted by molar-refractivity contribution is 0.158. The maximum Gasteiger partial charge on any atom is 0.322 e. The van der Waals surface area contributed by atoms with Gasteiger partial charge in [-0.05, 0) is 42.7 Å². The second kappa shape index (κ2) is 10.0. The Kier molecular flexibility index (Phi) is 6.93. The quantitative estimate of drug-likeness (QED) is 0.522. The standard InChI is InChI=1S/C25H27FN4O4/c1-5-16-6-8-17(9-7-16)22-21(15(2)30(12-13-32-3)25(31)27-22)24-28-23(29-34-24)18-10-11-20(33-4)19(26)14-18/h6-11,14,22H,5,12-13H2,1-4H3,(H,27,31). The van der Waals surface area contributed by atoms with Crippen molar-refractivity contribution in [1.29, 1.82) is 0 Å². The third-order valence-electron chi connectivity index (χ3n) is 5.90. The lowest BCUT2D eigenvalue weighted by atomic mass is 9.93. The van der Waals surface area contributed by atoms with Crippen molar-refractivity contribution >= 4 is 11.6 Å². The maximum absolute atomic E-state index is 14.2. The minimum atomic E-state index is -0.522. The normalized spacial score (nSPS) is 16.1. The molecule has 0 spiro atoms. The van der Waals surface area contributed by atoms with E-state index in [1.165, 1.54) is 24.8 Å². The van der Waals surface area contributed by atoms with Gasteiger partial charge in [0.25, 0.3) is 5.89 Å². The Bertz CT molecular complexity index is 1210. The molecule has 2 aromatic carbocycles. The number of hydrogen-bond acceptors (Lipinski definition) is 6. The predicted octanol–water partition coefficient (Wildman–Crippen LogP) is 4.59. The second-order valence-corrected chi connectivity index (χ2v) is 7.89. The average Bonchev–Trinajstić information content (AvgIpc) is 3.33. The second-order valence-electron chi connectivity index (χ2n) is 7.89. The Hall–Kier alpha value is -3.72. The predicted molar refractivity (Wildman–Crippen MR) is 125 cm³/mol. The van der Waals surface area contributed by atoms with Gasteiger partial charge < -0.3 is 19.3 Å². The van der Waals surface area contributed by atoms with E-state index in [4.69, 9.17) is 14.0 Å². The van der Waals surface area contributed by atoms with Gasteiger partial charge in [0, 0.05) is 18.4 Å². The molecule has 4 rings (SSSR count). The van der Waals surface area contributed by atoms with Gasteiger partial charge in [-0.1, -0.05) is 36.3 Å². The van der Waals surface area contributed by atoms with Crippen molar-refractivity contribution in [2.45, 2.75) is 26.3 Å². The first-order valence-electron chi connectivity index (χ1n) is 11.0. The molecule has 0 fully saturated rings. The molecule has 3 aromatic rings. The summed E-state index contributed by atoms with van der Waals surface area (Å²) >= 11 is 0. The maximum atomic E-state index is 14.2. The van der Waals surface area contributed by atoms with Crippen molar-refractivity contribution in [3.05, 3.63) is 71.0 Å². The number of aromatic nitrogens is 2. The molecular formula is C25H27FN4O4. The molecular weight excluding hydrogens is 439 g/mol. The highest BCUT2D eigenvalue weighted by atomic mass is 19.1. The number of benzene rings is 2. The molecule has 9 heteroatoms. The zero-order valence-electron chi connectivity index (χ0n) is 19.6. The highest BCUT2D eigenvalue weighted by molar-refractivity contribution is 5.86. The van der Waals surface area contributed by atoms with Crippen LogP contribution in [0, 0.1) is 5.82 Å². The molecule has 2 heterocycles. The molecule has 1 unspecified atom stereocenters. The fourth-order valence-electron chi connectivity index (χ4n) is 3.96. The summed E-state index contributed by atoms with van der Waals surface area (Å²) in [5.41, 5.74) is 3.89. The van der Waals surface area contributed by atoms with Crippen LogP contribution >= 0.6 is 0 Å². The van der Waals surface area contributed by atoms with E-state index in [2.05, 4.69) is 22.4 Å². The van der Waals surface area contributed by atoms with Gasteiger partial charge in [-0.2, -0.15) is 4.98 Å². The molecule has 2 amide bonds. The van der Waals surface area contributed by atoms with Crippen LogP contribution in [0.5, 0.6) is 5.75 Å². The Labute approximate surface area is 197 Å². The molecule has 1 aliphatic rings. The van der Waals surface area contributed by atoms with E-state index in [-0.39, 0.29) is 23.5 Å². The summed E-state index contributed by atoms with van der Waals surface area (Å²) < 4.78 is 30.0. The first-order valence-corrected chi connectivity index (χ1v) is 11.0. The summed E-state index contributed by atoms with van der Waals surface area (Å²) in [6.45, 7) is 4.66. The van der Waals surface area contributed by atoms with E-state index in [9.17, 15) is 9.18 Å². The van der Waals surface area contributed by atoms with Gasteiger partial charge in [0.1, 0.15) is 0 Å². The van der Waals surface area contributed by atoms with Crippen molar-refractivity contribution in [3.63, 3.8) is 0 Å². The number of methoxy groups -OCH3 is 2. The lowest BCUT2D eigenvalue weighted by Crippen LogP contribution is -2.47. The number of ether oxygens (including phenoxy) is 2. The largest absolute Gasteiger partial charge is 0.494 e. The van der Waals surface area contributed by atoms with Gasteiger partial charge in [0.05, 0.1) is 31.9 Å². The summed E-state index contributed by atoms with van der Waals surface area (Å²) in [7, 11) is 2.98. The number of amides is 2. The van der Waals surface area contributed by atoms with Gasteiger partial charge in [-0.25, -0.2) is 9.18 Å². The number of hydrogen-bond donors (Lipinski definition) is 1. The van der Waals surface area contributed by atoms with E-state index >= 15 is 0 Å². The van der Waals surface area contributed by atoms with E-state index in [1.807, 2.05) is 31.2 Å². The fourth-order valence-corrected chi connectivity index (χ4v) is 3.96. The van der Waals surface area contributed by atoms with Crippen molar-refractivity contribution < 1.29 is 23.2 Å². The summed E-state index contributed by atoms with van der Waals surface area (Å²) in [6.07, 6.45) is 0.912. The molecule has 1 aromatic heterocycles. The van der Waals surface area contributed by atoms with E-state index < -0.39 is 11.9 Å². The number of rotatable bonds is 8. The van der Waals surface area contributed by atoms with Gasteiger partial charge in [-0.15, -0.1) is 0 Å². The SMILES string of the molecule is CCc1ccc(C2NC(=O)N(CCOC)C(C)=C2c2nc(-c3ccc(OC)c(F)c3)no2)cc1. The Morgan fingerprint density at radius 3 is 2.59 bits per heavy atom. The molecule has 0 saturated heterocycles. The van der Waals surface area contributed by atoms with Crippen molar-refractivity contribution in [2.24, 2.45) is 0 Å². The number of urea groups is 1. The minimum Gasteiger partial charge on any atom is -0.494 e. The Balaban J connectivity index is 1.77. The van der Waals surface area contributed by atoms with Crippen molar-refractivity contribution in [3.8, 4) is 17.1 Å². The van der Waals surface area contributed by atoms with Gasteiger partial charge in [-0.3, -0.25) is 4.90 Å². The van der Waals surface area contributed by atoms with Crippen LogP contribution in [0.1, 0.15) is 36.9 Å². The zero-order chi connectivity index (χ0) is 24.2. The summed E-state index contributed by atoms with van der Waals surface area (Å²) in [5, 5.41) is 7.12. The highest BCUT2D eigenvalue weighted by Crippen LogP contribution is 2.37. The number of nitrogens with one attached hydrogen (secondary N) is 1. The molecule has 34 heavy (non-hydrogen) atoms. The highest BCUT2D eigenvalue weighted by Gasteiger charge is 2.35. The van der Waals surface area contributed by atoms with Gasteiger partial charge >= 0.3 is 6.03 Å². The Morgan fingerprint density at radius 1 is 1.18 bits per heavy atom. The first kappa shape index (κ1) is 23.4. The summed E-state index contributed by atoms with van der Waals surface area (Å²) in [6, 6.07) is 11.8. The van der Waals surface area contributed by atoms with Crippen LogP contribution in [0.2, 0.25) is 0 Å². The van der Waals surface area contributed by atoms with Gasteiger partial charge in [0.15, 0.2) is 11.6 Å². The van der Waals surface area contributed by atoms with Crippen LogP contribution in [0.15, 0.2) is 52.7 Å². The zero-order valence-corrected chi connectivity index (χ0v) is 19.6. The van der Waals surface area contributed by atoms with E-state index in [1.54, 1.807) is 18.1 Å². The Morgan fingerprint density at radius 2 is 1.94 bits per heavy atom. The minimum absolute atomic E-state index is 0.130. The molecule has 0 aliphatic carbocycles. The van der Waals surface area contributed by atoms with Gasteiger partial charge in [0.2, 0.25) is 5.82 Å². The summed E-state index contributed by atoms with van der Waals surface area (Å²) in [4.78, 5) is 19.1. The van der Waals surface area contributed by atoms with Crippen LogP contribution in [-0.2, 0) is 11.2 Å². The number of halogens is 1. The van der Waals surface area contributed by atoms with Crippen LogP contribution in [0.3, 0.4) is 0 Å². The van der Waals surface area contributed by atoms with Crippen LogP contribution in [0.4, 0.5) is 9.18 Å². The molecule has 1 aliphatic heterocycles. The number of aryl methyl sites for hydroxylation is 1. The average molecular weight is 467 g/mol. The molecule has 0 saturated carbocycles. The molecule has 178 valence electrons. The van der Waals surface area contributed by atoms with Crippen LogP contribution in [0.25, 0.3) is 17.0 Å². The molecule has 8 nitrogen and oxygen atoms in total. The van der Waals surface area contributed by atoms with Crippen molar-refractivity contribution in [1.82, 2.24) is 20.4 Å². The van der Waals surface area contributed by atoms with Crippen molar-refractivity contribution in [2.75, 3.05) is 27.4 Å².